The Hall–Kier alpha value is -2.24. The fourth-order valence-corrected chi connectivity index (χ4v) is 1.58. The van der Waals surface area contributed by atoms with Crippen molar-refractivity contribution in [3.05, 3.63) is 52.4 Å². The predicted octanol–water partition coefficient (Wildman–Crippen LogP) is 2.64. The minimum Gasteiger partial charge on any atom is -0.394 e. The quantitative estimate of drug-likeness (QED) is 0.821. The second kappa shape index (κ2) is 4.21. The van der Waals surface area contributed by atoms with Gasteiger partial charge in [0.2, 0.25) is 5.43 Å². The normalized spacial score (nSPS) is 11.5. The maximum Gasteiger partial charge on any atom is 0.416 e. The minimum absolute atomic E-state index is 0.0371. The molecule has 3 N–H and O–H groups in total. The molecule has 0 saturated heterocycles. The molecule has 0 bridgehead atoms. The summed E-state index contributed by atoms with van der Waals surface area (Å²) in [5, 5.41) is 0. The van der Waals surface area contributed by atoms with Gasteiger partial charge in [0.25, 0.3) is 0 Å². The number of benzene rings is 1. The molecule has 1 heterocycles. The number of halogens is 3. The molecule has 1 aromatic carbocycles. The molecule has 0 saturated carbocycles. The van der Waals surface area contributed by atoms with Crippen molar-refractivity contribution in [2.45, 2.75) is 6.18 Å². The Morgan fingerprint density at radius 1 is 1.17 bits per heavy atom. The lowest BCUT2D eigenvalue weighted by atomic mass is 10.0. The molecule has 0 fully saturated rings. The van der Waals surface area contributed by atoms with Crippen LogP contribution >= 0.6 is 0 Å². The van der Waals surface area contributed by atoms with Gasteiger partial charge in [-0.15, -0.1) is 0 Å². The molecule has 3 nitrogen and oxygen atoms in total. The number of anilines is 1. The molecule has 0 spiro atoms. The Morgan fingerprint density at radius 3 is 2.56 bits per heavy atom. The number of aromatic amines is 1. The summed E-state index contributed by atoms with van der Waals surface area (Å²) in [6.07, 6.45) is -1.82. The van der Waals surface area contributed by atoms with Gasteiger partial charge >= 0.3 is 6.18 Å². The first kappa shape index (κ1) is 12.2. The highest BCUT2D eigenvalue weighted by atomic mass is 19.4. The molecular weight excluding hydrogens is 245 g/mol. The van der Waals surface area contributed by atoms with Gasteiger partial charge in [0.05, 0.1) is 11.3 Å². The van der Waals surface area contributed by atoms with E-state index in [9.17, 15) is 18.0 Å². The number of hydrogen-bond acceptors (Lipinski definition) is 2. The molecule has 0 aliphatic rings. The number of nitrogen functional groups attached to an aromatic ring is 1. The van der Waals surface area contributed by atoms with Crippen molar-refractivity contribution in [1.82, 2.24) is 4.98 Å². The minimum atomic E-state index is -4.44. The SMILES string of the molecule is Nc1c[nH]cc(-c2cccc(C(F)(F)F)c2)c1=O. The molecule has 0 aliphatic heterocycles. The van der Waals surface area contributed by atoms with Crippen molar-refractivity contribution < 1.29 is 13.2 Å². The van der Waals surface area contributed by atoms with Crippen LogP contribution in [0.3, 0.4) is 0 Å². The molecular formula is C12H9F3N2O. The lowest BCUT2D eigenvalue weighted by Gasteiger charge is -2.08. The van der Waals surface area contributed by atoms with Crippen LogP contribution in [0.15, 0.2) is 41.5 Å². The maximum atomic E-state index is 12.6. The first-order chi connectivity index (χ1) is 8.39. The number of aromatic nitrogens is 1. The lowest BCUT2D eigenvalue weighted by Crippen LogP contribution is -2.11. The first-order valence-electron chi connectivity index (χ1n) is 5.04. The van der Waals surface area contributed by atoms with Gasteiger partial charge in [0.15, 0.2) is 0 Å². The van der Waals surface area contributed by atoms with E-state index in [0.29, 0.717) is 0 Å². The zero-order chi connectivity index (χ0) is 13.3. The van der Waals surface area contributed by atoms with Crippen LogP contribution in [0, 0.1) is 0 Å². The number of nitrogens with two attached hydrogens (primary N) is 1. The van der Waals surface area contributed by atoms with E-state index < -0.39 is 17.2 Å². The lowest BCUT2D eigenvalue weighted by molar-refractivity contribution is -0.137. The fraction of sp³-hybridized carbons (Fsp3) is 0.0833. The van der Waals surface area contributed by atoms with E-state index in [1.54, 1.807) is 0 Å². The van der Waals surface area contributed by atoms with E-state index in [0.717, 1.165) is 12.1 Å². The summed E-state index contributed by atoms with van der Waals surface area (Å²) < 4.78 is 37.7. The van der Waals surface area contributed by atoms with Gasteiger partial charge in [-0.2, -0.15) is 13.2 Å². The van der Waals surface area contributed by atoms with Gasteiger partial charge in [-0.25, -0.2) is 0 Å². The van der Waals surface area contributed by atoms with Gasteiger partial charge in [-0.1, -0.05) is 12.1 Å². The smallest absolute Gasteiger partial charge is 0.394 e. The molecule has 0 amide bonds. The molecule has 0 aliphatic carbocycles. The number of H-pyrrole nitrogens is 1. The van der Waals surface area contributed by atoms with Crippen LogP contribution in [0.4, 0.5) is 18.9 Å². The molecule has 0 radical (unpaired) electrons. The van der Waals surface area contributed by atoms with Gasteiger partial charge in [0, 0.05) is 18.0 Å². The topological polar surface area (TPSA) is 58.9 Å². The van der Waals surface area contributed by atoms with Crippen molar-refractivity contribution >= 4 is 5.69 Å². The number of hydrogen-bond donors (Lipinski definition) is 2. The number of alkyl halides is 3. The summed E-state index contributed by atoms with van der Waals surface area (Å²) >= 11 is 0. The Morgan fingerprint density at radius 2 is 1.89 bits per heavy atom. The van der Waals surface area contributed by atoms with E-state index in [1.165, 1.54) is 24.5 Å². The van der Waals surface area contributed by atoms with Crippen molar-refractivity contribution in [3.63, 3.8) is 0 Å². The third-order valence-electron chi connectivity index (χ3n) is 2.47. The van der Waals surface area contributed by atoms with E-state index in [1.807, 2.05) is 0 Å². The van der Waals surface area contributed by atoms with Crippen molar-refractivity contribution in [2.75, 3.05) is 5.73 Å². The summed E-state index contributed by atoms with van der Waals surface area (Å²) in [5.74, 6) is 0. The van der Waals surface area contributed by atoms with Crippen LogP contribution in [0.1, 0.15) is 5.56 Å². The standard InChI is InChI=1S/C12H9F3N2O/c13-12(14,15)8-3-1-2-7(4-8)9-5-17-6-10(16)11(9)18/h1-6H,16H2,(H,17,18). The number of nitrogens with one attached hydrogen (secondary N) is 1. The van der Waals surface area contributed by atoms with E-state index >= 15 is 0 Å². The average Bonchev–Trinajstić information content (AvgIpc) is 2.32. The van der Waals surface area contributed by atoms with Crippen LogP contribution < -0.4 is 11.2 Å². The largest absolute Gasteiger partial charge is 0.416 e. The second-order valence-electron chi connectivity index (χ2n) is 3.73. The third-order valence-corrected chi connectivity index (χ3v) is 2.47. The fourth-order valence-electron chi connectivity index (χ4n) is 1.58. The summed E-state index contributed by atoms with van der Waals surface area (Å²) in [4.78, 5) is 14.3. The summed E-state index contributed by atoms with van der Waals surface area (Å²) in [5.41, 5.74) is 4.37. The van der Waals surface area contributed by atoms with Crippen LogP contribution in [0.2, 0.25) is 0 Å². The molecule has 2 rings (SSSR count). The van der Waals surface area contributed by atoms with Crippen LogP contribution in [-0.4, -0.2) is 4.98 Å². The molecule has 0 atom stereocenters. The maximum absolute atomic E-state index is 12.6. The van der Waals surface area contributed by atoms with E-state index in [4.69, 9.17) is 5.73 Å². The zero-order valence-electron chi connectivity index (χ0n) is 9.08. The number of rotatable bonds is 1. The molecule has 2 aromatic rings. The summed E-state index contributed by atoms with van der Waals surface area (Å²) in [6, 6.07) is 4.55. The molecule has 6 heteroatoms. The Labute approximate surface area is 100 Å². The van der Waals surface area contributed by atoms with Crippen molar-refractivity contribution in [3.8, 4) is 11.1 Å². The van der Waals surface area contributed by atoms with Gasteiger partial charge < -0.3 is 10.7 Å². The van der Waals surface area contributed by atoms with E-state index in [-0.39, 0.29) is 16.8 Å². The summed E-state index contributed by atoms with van der Waals surface area (Å²) in [6.45, 7) is 0. The van der Waals surface area contributed by atoms with Crippen LogP contribution in [-0.2, 0) is 6.18 Å². The zero-order valence-corrected chi connectivity index (χ0v) is 9.08. The van der Waals surface area contributed by atoms with Gasteiger partial charge in [0.1, 0.15) is 0 Å². The second-order valence-corrected chi connectivity index (χ2v) is 3.73. The Balaban J connectivity index is 2.59. The molecule has 94 valence electrons. The highest BCUT2D eigenvalue weighted by Gasteiger charge is 2.30. The van der Waals surface area contributed by atoms with Crippen molar-refractivity contribution in [2.24, 2.45) is 0 Å². The van der Waals surface area contributed by atoms with Gasteiger partial charge in [-0.05, 0) is 17.7 Å². The summed E-state index contributed by atoms with van der Waals surface area (Å²) in [7, 11) is 0. The Kier molecular flexibility index (Phi) is 2.86. The predicted molar refractivity (Wildman–Crippen MR) is 61.9 cm³/mol. The first-order valence-corrected chi connectivity index (χ1v) is 5.04. The highest BCUT2D eigenvalue weighted by molar-refractivity contribution is 5.66. The van der Waals surface area contributed by atoms with Gasteiger partial charge in [-0.3, -0.25) is 4.79 Å². The monoisotopic (exact) mass is 254 g/mol. The van der Waals surface area contributed by atoms with Crippen LogP contribution in [0.5, 0.6) is 0 Å². The van der Waals surface area contributed by atoms with Crippen molar-refractivity contribution in [1.29, 1.82) is 0 Å². The van der Waals surface area contributed by atoms with E-state index in [2.05, 4.69) is 4.98 Å². The molecule has 0 unspecified atom stereocenters. The highest BCUT2D eigenvalue weighted by Crippen LogP contribution is 2.31. The Bertz CT molecular complexity index is 632. The average molecular weight is 254 g/mol. The number of pyridine rings is 1. The molecule has 1 aromatic heterocycles. The molecule has 18 heavy (non-hydrogen) atoms. The third kappa shape index (κ3) is 2.22. The van der Waals surface area contributed by atoms with Crippen LogP contribution in [0.25, 0.3) is 11.1 Å².